The predicted molar refractivity (Wildman–Crippen MR) is 81.9 cm³/mol. The van der Waals surface area contributed by atoms with Gasteiger partial charge in [-0.3, -0.25) is 0 Å². The van der Waals surface area contributed by atoms with Gasteiger partial charge in [0.15, 0.2) is 5.82 Å². The van der Waals surface area contributed by atoms with Crippen LogP contribution in [0.1, 0.15) is 61.7 Å². The van der Waals surface area contributed by atoms with Crippen molar-refractivity contribution in [3.05, 3.63) is 47.4 Å². The molecule has 0 radical (unpaired) electrons. The van der Waals surface area contributed by atoms with Crippen molar-refractivity contribution >= 4 is 0 Å². The molecular weight excluding hydrogens is 281 g/mol. The van der Waals surface area contributed by atoms with E-state index >= 15 is 0 Å². The number of nitrogens with two attached hydrogens (primary N) is 1. The lowest BCUT2D eigenvalue weighted by molar-refractivity contribution is 0.301. The molecule has 1 fully saturated rings. The van der Waals surface area contributed by atoms with E-state index in [4.69, 9.17) is 10.3 Å². The van der Waals surface area contributed by atoms with E-state index in [1.807, 2.05) is 6.07 Å². The normalized spacial score (nSPS) is 23.0. The largest absolute Gasteiger partial charge is 0.339 e. The molecule has 2 aromatic rings. The number of hydrogen-bond donors (Lipinski definition) is 1. The first kappa shape index (κ1) is 15.2. The van der Waals surface area contributed by atoms with Crippen molar-refractivity contribution < 1.29 is 8.91 Å². The summed E-state index contributed by atoms with van der Waals surface area (Å²) in [5, 5.41) is 4.04. The van der Waals surface area contributed by atoms with Crippen LogP contribution in [0.15, 0.2) is 28.8 Å². The van der Waals surface area contributed by atoms with Gasteiger partial charge in [0.25, 0.3) is 0 Å². The van der Waals surface area contributed by atoms with Gasteiger partial charge in [-0.05, 0) is 30.5 Å². The molecule has 1 aromatic carbocycles. The summed E-state index contributed by atoms with van der Waals surface area (Å²) in [5.41, 5.74) is 7.13. The zero-order valence-corrected chi connectivity index (χ0v) is 12.7. The maximum absolute atomic E-state index is 13.2. The summed E-state index contributed by atoms with van der Waals surface area (Å²) in [6.45, 7) is 0. The Morgan fingerprint density at radius 3 is 2.82 bits per heavy atom. The second kappa shape index (κ2) is 7.01. The average Bonchev–Trinajstić information content (AvgIpc) is 2.91. The Balaban J connectivity index is 1.72. The summed E-state index contributed by atoms with van der Waals surface area (Å²) in [6.07, 6.45) is 7.31. The summed E-state index contributed by atoms with van der Waals surface area (Å²) in [6, 6.07) is 6.57. The minimum absolute atomic E-state index is 0.0859. The van der Waals surface area contributed by atoms with E-state index < -0.39 is 0 Å². The van der Waals surface area contributed by atoms with Crippen molar-refractivity contribution in [1.29, 1.82) is 0 Å². The highest BCUT2D eigenvalue weighted by Gasteiger charge is 2.26. The molecule has 4 nitrogen and oxygen atoms in total. The summed E-state index contributed by atoms with van der Waals surface area (Å²) < 4.78 is 18.7. The summed E-state index contributed by atoms with van der Waals surface area (Å²) in [7, 11) is 0. The van der Waals surface area contributed by atoms with Gasteiger partial charge in [0.1, 0.15) is 5.82 Å². The smallest absolute Gasteiger partial charge is 0.231 e. The molecule has 1 heterocycles. The van der Waals surface area contributed by atoms with Crippen LogP contribution in [-0.2, 0) is 6.42 Å². The van der Waals surface area contributed by atoms with Crippen LogP contribution in [0, 0.1) is 5.82 Å². The fraction of sp³-hybridized carbons (Fsp3) is 0.529. The molecule has 1 aliphatic carbocycles. The number of rotatable bonds is 3. The summed E-state index contributed by atoms with van der Waals surface area (Å²) in [5.74, 6) is 1.13. The molecule has 2 atom stereocenters. The van der Waals surface area contributed by atoms with E-state index in [1.54, 1.807) is 6.07 Å². The lowest BCUT2D eigenvalue weighted by atomic mass is 9.87. The second-order valence-corrected chi connectivity index (χ2v) is 6.12. The van der Waals surface area contributed by atoms with Crippen molar-refractivity contribution in [3.8, 4) is 0 Å². The molecule has 2 unspecified atom stereocenters. The van der Waals surface area contributed by atoms with Gasteiger partial charge in [0, 0.05) is 12.5 Å². The van der Waals surface area contributed by atoms with E-state index in [0.717, 1.165) is 24.8 Å². The minimum Gasteiger partial charge on any atom is -0.339 e. The molecule has 0 saturated heterocycles. The lowest BCUT2D eigenvalue weighted by Crippen LogP contribution is -2.29. The first-order valence-corrected chi connectivity index (χ1v) is 8.05. The van der Waals surface area contributed by atoms with Crippen molar-refractivity contribution in [2.45, 2.75) is 56.9 Å². The average molecular weight is 303 g/mol. The minimum atomic E-state index is -0.247. The monoisotopic (exact) mass is 303 g/mol. The fourth-order valence-corrected chi connectivity index (χ4v) is 3.14. The van der Waals surface area contributed by atoms with Crippen LogP contribution >= 0.6 is 0 Å². The van der Waals surface area contributed by atoms with Gasteiger partial charge in [-0.25, -0.2) is 4.39 Å². The zero-order valence-electron chi connectivity index (χ0n) is 12.7. The molecule has 0 bridgehead atoms. The van der Waals surface area contributed by atoms with E-state index in [-0.39, 0.29) is 17.8 Å². The van der Waals surface area contributed by atoms with Crippen molar-refractivity contribution in [2.24, 2.45) is 5.73 Å². The van der Waals surface area contributed by atoms with Crippen molar-refractivity contribution in [2.75, 3.05) is 0 Å². The molecular formula is C17H22FN3O. The predicted octanol–water partition coefficient (Wildman–Crippen LogP) is 3.56. The Morgan fingerprint density at radius 1 is 1.18 bits per heavy atom. The van der Waals surface area contributed by atoms with E-state index in [1.165, 1.54) is 31.4 Å². The fourth-order valence-electron chi connectivity index (χ4n) is 3.14. The summed E-state index contributed by atoms with van der Waals surface area (Å²) >= 11 is 0. The maximum Gasteiger partial charge on any atom is 0.231 e. The van der Waals surface area contributed by atoms with E-state index in [0.29, 0.717) is 18.1 Å². The number of nitrogens with zero attached hydrogens (tertiary/aromatic N) is 2. The molecule has 5 heteroatoms. The van der Waals surface area contributed by atoms with Gasteiger partial charge in [0.05, 0.1) is 5.92 Å². The van der Waals surface area contributed by atoms with Crippen LogP contribution in [0.25, 0.3) is 0 Å². The topological polar surface area (TPSA) is 64.9 Å². The van der Waals surface area contributed by atoms with Crippen LogP contribution in [0.5, 0.6) is 0 Å². The highest BCUT2D eigenvalue weighted by Crippen LogP contribution is 2.29. The van der Waals surface area contributed by atoms with Crippen LogP contribution in [0.2, 0.25) is 0 Å². The first-order valence-electron chi connectivity index (χ1n) is 8.05. The highest BCUT2D eigenvalue weighted by atomic mass is 19.1. The second-order valence-electron chi connectivity index (χ2n) is 6.12. The van der Waals surface area contributed by atoms with E-state index in [2.05, 4.69) is 10.1 Å². The third-order valence-electron chi connectivity index (χ3n) is 4.37. The SMILES string of the molecule is NC1CCCCCCC1c1nc(Cc2cccc(F)c2)no1. The molecule has 0 aliphatic heterocycles. The molecule has 1 aromatic heterocycles. The van der Waals surface area contributed by atoms with Gasteiger partial charge in [-0.15, -0.1) is 0 Å². The maximum atomic E-state index is 13.2. The van der Waals surface area contributed by atoms with Gasteiger partial charge < -0.3 is 10.3 Å². The molecule has 2 N–H and O–H groups in total. The molecule has 1 aliphatic rings. The van der Waals surface area contributed by atoms with Gasteiger partial charge >= 0.3 is 0 Å². The number of halogens is 1. The third kappa shape index (κ3) is 3.71. The number of hydrogen-bond acceptors (Lipinski definition) is 4. The Kier molecular flexibility index (Phi) is 4.83. The van der Waals surface area contributed by atoms with Crippen LogP contribution < -0.4 is 5.73 Å². The quantitative estimate of drug-likeness (QED) is 0.941. The van der Waals surface area contributed by atoms with Crippen LogP contribution in [0.4, 0.5) is 4.39 Å². The van der Waals surface area contributed by atoms with Crippen LogP contribution in [0.3, 0.4) is 0 Å². The van der Waals surface area contributed by atoms with Gasteiger partial charge in [-0.1, -0.05) is 43.0 Å². The Bertz CT molecular complexity index is 613. The Morgan fingerprint density at radius 2 is 2.00 bits per heavy atom. The molecule has 0 spiro atoms. The zero-order chi connectivity index (χ0) is 15.4. The van der Waals surface area contributed by atoms with Crippen molar-refractivity contribution in [1.82, 2.24) is 10.1 Å². The van der Waals surface area contributed by atoms with Crippen molar-refractivity contribution in [3.63, 3.8) is 0 Å². The standard InChI is InChI=1S/C17H22FN3O/c18-13-7-5-6-12(10-13)11-16-20-17(22-21-16)14-8-3-1-2-4-9-15(14)19/h5-7,10,14-15H,1-4,8-9,11,19H2. The summed E-state index contributed by atoms with van der Waals surface area (Å²) in [4.78, 5) is 4.50. The molecule has 1 saturated carbocycles. The number of benzene rings is 1. The third-order valence-corrected chi connectivity index (χ3v) is 4.37. The first-order chi connectivity index (χ1) is 10.7. The molecule has 118 valence electrons. The van der Waals surface area contributed by atoms with Gasteiger partial charge in [0.2, 0.25) is 5.89 Å². The molecule has 0 amide bonds. The Labute approximate surface area is 129 Å². The van der Waals surface area contributed by atoms with Crippen LogP contribution in [-0.4, -0.2) is 16.2 Å². The Hall–Kier alpha value is -1.75. The number of aromatic nitrogens is 2. The van der Waals surface area contributed by atoms with E-state index in [9.17, 15) is 4.39 Å². The molecule has 3 rings (SSSR count). The highest BCUT2D eigenvalue weighted by molar-refractivity contribution is 5.20. The molecule has 22 heavy (non-hydrogen) atoms. The lowest BCUT2D eigenvalue weighted by Gasteiger charge is -2.22. The van der Waals surface area contributed by atoms with Gasteiger partial charge in [-0.2, -0.15) is 4.98 Å².